The lowest BCUT2D eigenvalue weighted by atomic mass is 10.2. The van der Waals surface area contributed by atoms with Crippen LogP contribution < -0.4 is 14.3 Å². The number of methoxy groups -OCH3 is 2. The Bertz CT molecular complexity index is 1150. The van der Waals surface area contributed by atoms with Crippen LogP contribution in [0.25, 0.3) is 10.2 Å². The van der Waals surface area contributed by atoms with Crippen molar-refractivity contribution in [3.63, 3.8) is 0 Å². The van der Waals surface area contributed by atoms with Gasteiger partial charge in [0.1, 0.15) is 28.3 Å². The fourth-order valence-corrected chi connectivity index (χ4v) is 5.35. The molecule has 0 N–H and O–H groups in total. The highest BCUT2D eigenvalue weighted by Crippen LogP contribution is 2.35. The lowest BCUT2D eigenvalue weighted by Gasteiger charge is -2.09. The largest absolute Gasteiger partial charge is 0.495 e. The van der Waals surface area contributed by atoms with Crippen molar-refractivity contribution in [2.45, 2.75) is 32.1 Å². The lowest BCUT2D eigenvalue weighted by Crippen LogP contribution is -2.23. The molecule has 3 aromatic rings. The summed E-state index contributed by atoms with van der Waals surface area (Å²) in [5.74, 6) is 2.34. The molecule has 1 aromatic heterocycles. The summed E-state index contributed by atoms with van der Waals surface area (Å²) in [5.41, 5.74) is 1.92. The predicted molar refractivity (Wildman–Crippen MR) is 132 cm³/mol. The van der Waals surface area contributed by atoms with Crippen molar-refractivity contribution in [3.8, 4) is 11.5 Å². The molecule has 7 nitrogen and oxygen atoms in total. The summed E-state index contributed by atoms with van der Waals surface area (Å²) in [7, 11) is 3.13. The standard InChI is InChI=1S/C24H28N2O5S2/c1-4-31-21(28)15-26-22-18(29-2)12-13-19(30-3)23(22)33-24(26)25-20(27)11-8-14-32-16-17-9-6-5-7-10-17/h5-7,9-10,12-13H,4,8,11,14-16H2,1-3H3. The van der Waals surface area contributed by atoms with Crippen LogP contribution in [0.2, 0.25) is 0 Å². The van der Waals surface area contributed by atoms with Crippen LogP contribution in [0.5, 0.6) is 11.5 Å². The number of nitrogens with zero attached hydrogens (tertiary/aromatic N) is 2. The average Bonchev–Trinajstić information content (AvgIpc) is 3.16. The minimum Gasteiger partial charge on any atom is -0.495 e. The third-order valence-electron chi connectivity index (χ3n) is 4.80. The number of carbonyl (C=O) groups is 2. The summed E-state index contributed by atoms with van der Waals surface area (Å²) in [5, 5.41) is 0. The summed E-state index contributed by atoms with van der Waals surface area (Å²) in [6, 6.07) is 13.8. The molecule has 1 heterocycles. The van der Waals surface area contributed by atoms with Crippen molar-refractivity contribution in [3.05, 3.63) is 52.8 Å². The lowest BCUT2D eigenvalue weighted by molar-refractivity contribution is -0.143. The highest BCUT2D eigenvalue weighted by atomic mass is 32.2. The fraction of sp³-hybridized carbons (Fsp3) is 0.375. The molecule has 1 amide bonds. The quantitative estimate of drug-likeness (QED) is 0.294. The summed E-state index contributed by atoms with van der Waals surface area (Å²) >= 11 is 3.09. The summed E-state index contributed by atoms with van der Waals surface area (Å²) < 4.78 is 18.5. The topological polar surface area (TPSA) is 79.1 Å². The van der Waals surface area contributed by atoms with Crippen LogP contribution in [0.4, 0.5) is 0 Å². The van der Waals surface area contributed by atoms with E-state index in [2.05, 4.69) is 17.1 Å². The van der Waals surface area contributed by atoms with E-state index in [9.17, 15) is 9.59 Å². The Kier molecular flexibility index (Phi) is 9.38. The number of thioether (sulfide) groups is 1. The van der Waals surface area contributed by atoms with Gasteiger partial charge in [-0.15, -0.1) is 0 Å². The summed E-state index contributed by atoms with van der Waals surface area (Å²) in [6.07, 6.45) is 1.07. The minimum absolute atomic E-state index is 0.0730. The first-order valence-corrected chi connectivity index (χ1v) is 12.6. The van der Waals surface area contributed by atoms with Gasteiger partial charge in [0.05, 0.1) is 20.8 Å². The number of rotatable bonds is 11. The normalized spacial score (nSPS) is 11.5. The second-order valence-electron chi connectivity index (χ2n) is 7.07. The maximum Gasteiger partial charge on any atom is 0.326 e. The van der Waals surface area contributed by atoms with Crippen molar-refractivity contribution < 1.29 is 23.8 Å². The van der Waals surface area contributed by atoms with E-state index in [4.69, 9.17) is 14.2 Å². The molecule has 0 aliphatic carbocycles. The monoisotopic (exact) mass is 488 g/mol. The number of aromatic nitrogens is 1. The molecular formula is C24H28N2O5S2. The molecule has 0 saturated carbocycles. The number of carbonyl (C=O) groups excluding carboxylic acids is 2. The number of esters is 1. The fourth-order valence-electron chi connectivity index (χ4n) is 3.27. The first kappa shape index (κ1) is 24.9. The number of thiazole rings is 1. The first-order chi connectivity index (χ1) is 16.1. The first-order valence-electron chi connectivity index (χ1n) is 10.7. The van der Waals surface area contributed by atoms with Crippen LogP contribution in [0.1, 0.15) is 25.3 Å². The number of hydrogen-bond acceptors (Lipinski definition) is 7. The van der Waals surface area contributed by atoms with E-state index in [1.165, 1.54) is 16.9 Å². The molecule has 0 atom stereocenters. The molecule has 0 bridgehead atoms. The van der Waals surface area contributed by atoms with Crippen LogP contribution in [-0.2, 0) is 26.6 Å². The zero-order valence-electron chi connectivity index (χ0n) is 19.0. The third-order valence-corrected chi connectivity index (χ3v) is 7.00. The smallest absolute Gasteiger partial charge is 0.326 e. The van der Waals surface area contributed by atoms with Gasteiger partial charge in [0.15, 0.2) is 4.80 Å². The second kappa shape index (κ2) is 12.5. The van der Waals surface area contributed by atoms with Crippen LogP contribution in [0.15, 0.2) is 47.5 Å². The molecule has 0 unspecified atom stereocenters. The molecule has 0 saturated heterocycles. The van der Waals surface area contributed by atoms with E-state index < -0.39 is 5.97 Å². The van der Waals surface area contributed by atoms with Crippen LogP contribution in [-0.4, -0.2) is 43.0 Å². The highest BCUT2D eigenvalue weighted by molar-refractivity contribution is 7.98. The van der Waals surface area contributed by atoms with Crippen molar-refractivity contribution in [1.29, 1.82) is 0 Å². The summed E-state index contributed by atoms with van der Waals surface area (Å²) in [4.78, 5) is 29.7. The molecule has 3 rings (SSSR count). The van der Waals surface area contributed by atoms with E-state index in [0.29, 0.717) is 28.2 Å². The van der Waals surface area contributed by atoms with E-state index in [1.807, 2.05) is 18.2 Å². The van der Waals surface area contributed by atoms with Crippen LogP contribution in [0, 0.1) is 0 Å². The highest BCUT2D eigenvalue weighted by Gasteiger charge is 2.18. The van der Waals surface area contributed by atoms with Gasteiger partial charge in [-0.3, -0.25) is 9.59 Å². The van der Waals surface area contributed by atoms with Crippen molar-refractivity contribution in [2.75, 3.05) is 26.6 Å². The predicted octanol–water partition coefficient (Wildman–Crippen LogP) is 4.42. The maximum atomic E-state index is 12.6. The van der Waals surface area contributed by atoms with Gasteiger partial charge >= 0.3 is 5.97 Å². The van der Waals surface area contributed by atoms with Gasteiger partial charge in [-0.05, 0) is 36.8 Å². The van der Waals surface area contributed by atoms with E-state index >= 15 is 0 Å². The number of hydrogen-bond donors (Lipinski definition) is 0. The zero-order valence-corrected chi connectivity index (χ0v) is 20.7. The van der Waals surface area contributed by atoms with Crippen LogP contribution in [0.3, 0.4) is 0 Å². The molecule has 0 radical (unpaired) electrons. The van der Waals surface area contributed by atoms with Gasteiger partial charge in [0.2, 0.25) is 5.91 Å². The molecule has 0 aliphatic heterocycles. The summed E-state index contributed by atoms with van der Waals surface area (Å²) in [6.45, 7) is 1.95. The van der Waals surface area contributed by atoms with E-state index in [0.717, 1.165) is 22.6 Å². The molecule has 0 spiro atoms. The molecule has 176 valence electrons. The van der Waals surface area contributed by atoms with Gasteiger partial charge in [-0.2, -0.15) is 16.8 Å². The number of ether oxygens (including phenoxy) is 3. The maximum absolute atomic E-state index is 12.6. The second-order valence-corrected chi connectivity index (χ2v) is 9.15. The van der Waals surface area contributed by atoms with Gasteiger partial charge < -0.3 is 18.8 Å². The Morgan fingerprint density at radius 1 is 1.06 bits per heavy atom. The van der Waals surface area contributed by atoms with Gasteiger partial charge in [-0.25, -0.2) is 0 Å². The van der Waals surface area contributed by atoms with E-state index in [1.54, 1.807) is 49.6 Å². The Morgan fingerprint density at radius 3 is 2.48 bits per heavy atom. The molecule has 33 heavy (non-hydrogen) atoms. The Labute approximate surface area is 201 Å². The number of benzene rings is 2. The van der Waals surface area contributed by atoms with Crippen molar-refractivity contribution in [1.82, 2.24) is 4.57 Å². The molecule has 0 fully saturated rings. The van der Waals surface area contributed by atoms with Gasteiger partial charge in [0.25, 0.3) is 0 Å². The molecule has 9 heteroatoms. The Balaban J connectivity index is 1.79. The Morgan fingerprint density at radius 2 is 1.79 bits per heavy atom. The van der Waals surface area contributed by atoms with Crippen molar-refractivity contribution in [2.24, 2.45) is 4.99 Å². The number of fused-ring (bicyclic) bond motifs is 1. The molecule has 0 aliphatic rings. The Hall–Kier alpha value is -2.78. The molecule has 2 aromatic carbocycles. The van der Waals surface area contributed by atoms with Gasteiger partial charge in [0, 0.05) is 12.2 Å². The van der Waals surface area contributed by atoms with Crippen molar-refractivity contribution >= 4 is 45.2 Å². The van der Waals surface area contributed by atoms with Crippen LogP contribution >= 0.6 is 23.1 Å². The van der Waals surface area contributed by atoms with E-state index in [-0.39, 0.29) is 19.1 Å². The zero-order chi connectivity index (χ0) is 23.6. The number of amides is 1. The van der Waals surface area contributed by atoms with Gasteiger partial charge in [-0.1, -0.05) is 41.7 Å². The SMILES string of the molecule is CCOC(=O)Cn1c(=NC(=O)CCCSCc2ccccc2)sc2c(OC)ccc(OC)c21. The minimum atomic E-state index is -0.409. The third kappa shape index (κ3) is 6.61. The molecular weight excluding hydrogens is 460 g/mol. The average molecular weight is 489 g/mol.